The first-order valence-electron chi connectivity index (χ1n) is 6.62. The van der Waals surface area contributed by atoms with Gasteiger partial charge in [0.1, 0.15) is 6.23 Å². The Morgan fingerprint density at radius 3 is 2.83 bits per heavy atom. The lowest BCUT2D eigenvalue weighted by Gasteiger charge is -2.32. The molecule has 3 nitrogen and oxygen atoms in total. The SMILES string of the molecule is CCC(O)N1CC(F)(F)C[C@H]1C1=CCN(C)CC1. The zero-order chi connectivity index (χ0) is 13.3. The minimum atomic E-state index is -2.68. The number of rotatable bonds is 3. The molecule has 0 aromatic carbocycles. The van der Waals surface area contributed by atoms with Gasteiger partial charge in [-0.2, -0.15) is 0 Å². The number of nitrogens with zero attached hydrogens (tertiary/aromatic N) is 2. The van der Waals surface area contributed by atoms with Crippen LogP contribution in [0.2, 0.25) is 0 Å². The zero-order valence-electron chi connectivity index (χ0n) is 11.1. The maximum absolute atomic E-state index is 13.6. The highest BCUT2D eigenvalue weighted by molar-refractivity contribution is 5.18. The summed E-state index contributed by atoms with van der Waals surface area (Å²) < 4.78 is 27.2. The molecule has 5 heteroatoms. The molecule has 2 rings (SSSR count). The minimum Gasteiger partial charge on any atom is -0.378 e. The first-order valence-corrected chi connectivity index (χ1v) is 6.62. The topological polar surface area (TPSA) is 26.7 Å². The summed E-state index contributed by atoms with van der Waals surface area (Å²) in [5.74, 6) is -2.68. The number of hydrogen-bond acceptors (Lipinski definition) is 3. The lowest BCUT2D eigenvalue weighted by atomic mass is 9.97. The molecule has 0 aliphatic carbocycles. The molecule has 1 N–H and O–H groups in total. The Kier molecular flexibility index (Phi) is 4.04. The van der Waals surface area contributed by atoms with Crippen molar-refractivity contribution in [2.75, 3.05) is 26.7 Å². The smallest absolute Gasteiger partial charge is 0.262 e. The molecule has 2 heterocycles. The molecule has 0 saturated carbocycles. The van der Waals surface area contributed by atoms with Gasteiger partial charge in [0.25, 0.3) is 5.92 Å². The van der Waals surface area contributed by atoms with Crippen LogP contribution in [0, 0.1) is 0 Å². The second-order valence-corrected chi connectivity index (χ2v) is 5.43. The van der Waals surface area contributed by atoms with Gasteiger partial charge >= 0.3 is 0 Å². The highest BCUT2D eigenvalue weighted by Crippen LogP contribution is 2.38. The van der Waals surface area contributed by atoms with Gasteiger partial charge in [-0.15, -0.1) is 0 Å². The Labute approximate surface area is 107 Å². The van der Waals surface area contributed by atoms with Crippen LogP contribution in [0.5, 0.6) is 0 Å². The third-order valence-corrected chi connectivity index (χ3v) is 3.93. The fourth-order valence-electron chi connectivity index (χ4n) is 2.82. The Morgan fingerprint density at radius 1 is 1.56 bits per heavy atom. The van der Waals surface area contributed by atoms with Gasteiger partial charge in [-0.25, -0.2) is 8.78 Å². The summed E-state index contributed by atoms with van der Waals surface area (Å²) in [6.45, 7) is 3.22. The first-order chi connectivity index (χ1) is 8.43. The third kappa shape index (κ3) is 2.90. The van der Waals surface area contributed by atoms with E-state index < -0.39 is 12.2 Å². The van der Waals surface area contributed by atoms with E-state index in [1.807, 2.05) is 20.0 Å². The van der Waals surface area contributed by atoms with E-state index in [0.29, 0.717) is 6.42 Å². The van der Waals surface area contributed by atoms with Crippen molar-refractivity contribution in [1.82, 2.24) is 9.80 Å². The van der Waals surface area contributed by atoms with E-state index in [2.05, 4.69) is 4.90 Å². The summed E-state index contributed by atoms with van der Waals surface area (Å²) in [6.07, 6.45) is 2.44. The van der Waals surface area contributed by atoms with Crippen LogP contribution in [0.25, 0.3) is 0 Å². The van der Waals surface area contributed by atoms with E-state index >= 15 is 0 Å². The van der Waals surface area contributed by atoms with Crippen LogP contribution in [0.3, 0.4) is 0 Å². The van der Waals surface area contributed by atoms with Crippen LogP contribution in [-0.2, 0) is 0 Å². The number of likely N-dealkylation sites (N-methyl/N-ethyl adjacent to an activating group) is 1. The highest BCUT2D eigenvalue weighted by atomic mass is 19.3. The van der Waals surface area contributed by atoms with Crippen LogP contribution < -0.4 is 0 Å². The molecular weight excluding hydrogens is 238 g/mol. The lowest BCUT2D eigenvalue weighted by molar-refractivity contribution is -0.0348. The molecule has 1 unspecified atom stereocenters. The predicted molar refractivity (Wildman–Crippen MR) is 66.6 cm³/mol. The van der Waals surface area contributed by atoms with E-state index in [1.165, 1.54) is 0 Å². The number of halogens is 2. The molecular formula is C13H22F2N2O. The van der Waals surface area contributed by atoms with Crippen molar-refractivity contribution in [3.63, 3.8) is 0 Å². The van der Waals surface area contributed by atoms with Crippen molar-refractivity contribution in [2.45, 2.75) is 44.4 Å². The molecule has 0 amide bonds. The average Bonchev–Trinajstić information content (AvgIpc) is 2.65. The number of alkyl halides is 2. The second kappa shape index (κ2) is 5.23. The predicted octanol–water partition coefficient (Wildman–Crippen LogP) is 1.69. The van der Waals surface area contributed by atoms with Gasteiger partial charge in [0, 0.05) is 25.6 Å². The standard InChI is InChI=1S/C13H22F2N2O/c1-3-12(18)17-9-13(14,15)8-11(17)10-4-6-16(2)7-5-10/h4,11-12,18H,3,5-9H2,1-2H3/t11-,12?/m0/s1. The highest BCUT2D eigenvalue weighted by Gasteiger charge is 2.47. The summed E-state index contributed by atoms with van der Waals surface area (Å²) in [5.41, 5.74) is 1.07. The maximum Gasteiger partial charge on any atom is 0.262 e. The first kappa shape index (κ1) is 13.9. The van der Waals surface area contributed by atoms with Crippen molar-refractivity contribution >= 4 is 0 Å². The fraction of sp³-hybridized carbons (Fsp3) is 0.846. The van der Waals surface area contributed by atoms with Crippen LogP contribution in [0.4, 0.5) is 8.78 Å². The third-order valence-electron chi connectivity index (χ3n) is 3.93. The van der Waals surface area contributed by atoms with E-state index in [9.17, 15) is 13.9 Å². The van der Waals surface area contributed by atoms with Crippen LogP contribution >= 0.6 is 0 Å². The fourth-order valence-corrected chi connectivity index (χ4v) is 2.82. The number of aliphatic hydroxyl groups excluding tert-OH is 1. The molecule has 0 spiro atoms. The molecule has 104 valence electrons. The van der Waals surface area contributed by atoms with Crippen molar-refractivity contribution in [2.24, 2.45) is 0 Å². The quantitative estimate of drug-likeness (QED) is 0.782. The van der Waals surface area contributed by atoms with Gasteiger partial charge in [-0.05, 0) is 19.9 Å². The molecule has 2 aliphatic rings. The van der Waals surface area contributed by atoms with Crippen LogP contribution in [0.15, 0.2) is 11.6 Å². The molecule has 18 heavy (non-hydrogen) atoms. The largest absolute Gasteiger partial charge is 0.378 e. The number of aliphatic hydroxyl groups is 1. The van der Waals surface area contributed by atoms with Gasteiger partial charge in [-0.3, -0.25) is 4.90 Å². The van der Waals surface area contributed by atoms with Gasteiger partial charge in [-0.1, -0.05) is 18.6 Å². The Morgan fingerprint density at radius 2 is 2.28 bits per heavy atom. The van der Waals surface area contributed by atoms with Crippen molar-refractivity contribution < 1.29 is 13.9 Å². The van der Waals surface area contributed by atoms with Gasteiger partial charge < -0.3 is 10.0 Å². The van der Waals surface area contributed by atoms with Gasteiger partial charge in [0.05, 0.1) is 6.54 Å². The molecule has 1 saturated heterocycles. The summed E-state index contributed by atoms with van der Waals surface area (Å²) >= 11 is 0. The number of hydrogen-bond donors (Lipinski definition) is 1. The molecule has 2 atom stereocenters. The summed E-state index contributed by atoms with van der Waals surface area (Å²) in [4.78, 5) is 3.73. The maximum atomic E-state index is 13.6. The monoisotopic (exact) mass is 260 g/mol. The van der Waals surface area contributed by atoms with Gasteiger partial charge in [0.15, 0.2) is 0 Å². The second-order valence-electron chi connectivity index (χ2n) is 5.43. The summed E-state index contributed by atoms with van der Waals surface area (Å²) in [6, 6.07) is -0.288. The zero-order valence-corrected chi connectivity index (χ0v) is 11.1. The minimum absolute atomic E-state index is 0.153. The Balaban J connectivity index is 2.14. The molecule has 0 aromatic rings. The van der Waals surface area contributed by atoms with E-state index in [-0.39, 0.29) is 19.0 Å². The lowest BCUT2D eigenvalue weighted by Crippen LogP contribution is -2.41. The molecule has 0 radical (unpaired) electrons. The number of likely N-dealkylation sites (tertiary alicyclic amines) is 1. The molecule has 0 aromatic heterocycles. The van der Waals surface area contributed by atoms with Crippen molar-refractivity contribution in [3.8, 4) is 0 Å². The van der Waals surface area contributed by atoms with Crippen LogP contribution in [-0.4, -0.2) is 59.8 Å². The average molecular weight is 260 g/mol. The Bertz CT molecular complexity index is 333. The summed E-state index contributed by atoms with van der Waals surface area (Å²) in [7, 11) is 2.02. The van der Waals surface area contributed by atoms with Crippen molar-refractivity contribution in [3.05, 3.63) is 11.6 Å². The molecule has 2 aliphatic heterocycles. The van der Waals surface area contributed by atoms with Crippen LogP contribution in [0.1, 0.15) is 26.2 Å². The van der Waals surface area contributed by atoms with E-state index in [0.717, 1.165) is 25.1 Å². The van der Waals surface area contributed by atoms with E-state index in [1.54, 1.807) is 4.90 Å². The van der Waals surface area contributed by atoms with Crippen molar-refractivity contribution in [1.29, 1.82) is 0 Å². The molecule has 1 fully saturated rings. The summed E-state index contributed by atoms with van der Waals surface area (Å²) in [5, 5.41) is 9.90. The van der Waals surface area contributed by atoms with Gasteiger partial charge in [0.2, 0.25) is 0 Å². The Hall–Kier alpha value is -0.520. The van der Waals surface area contributed by atoms with E-state index in [4.69, 9.17) is 0 Å². The normalized spacial score (nSPS) is 31.4. The molecule has 0 bridgehead atoms.